The molecule has 0 aliphatic carbocycles. The van der Waals surface area contributed by atoms with Crippen molar-refractivity contribution in [3.05, 3.63) is 194 Å². The molecule has 2 aliphatic heterocycles. The fourth-order valence-electron chi connectivity index (χ4n) is 8.13. The van der Waals surface area contributed by atoms with Gasteiger partial charge in [-0.15, -0.1) is 0 Å². The first kappa shape index (κ1) is 29.7. The number of rotatable bonds is 4. The SMILES string of the molecule is O=P12c3ccccc3-c3cc(-c4ccccc4-c4ccccc4)ccc3N1c1ccc(-c3ccccc3-c3ccccc3)cc1-c1ccccc12. The third-order valence-corrected chi connectivity index (χ3v) is 13.5. The number of benzene rings is 8. The van der Waals surface area contributed by atoms with Crippen LogP contribution in [0.3, 0.4) is 0 Å². The van der Waals surface area contributed by atoms with E-state index in [-0.39, 0.29) is 0 Å². The lowest BCUT2D eigenvalue weighted by atomic mass is 9.90. The highest BCUT2D eigenvalue weighted by molar-refractivity contribution is 7.81. The third-order valence-electron chi connectivity index (χ3n) is 10.4. The molecular weight excluding hydrogens is 638 g/mol. The van der Waals surface area contributed by atoms with E-state index in [4.69, 9.17) is 0 Å². The lowest BCUT2D eigenvalue weighted by Gasteiger charge is -2.44. The molecular formula is C48H32NOP. The molecule has 0 spiro atoms. The molecule has 0 atom stereocenters. The molecule has 0 saturated carbocycles. The summed E-state index contributed by atoms with van der Waals surface area (Å²) in [5, 5.41) is 1.75. The summed E-state index contributed by atoms with van der Waals surface area (Å²) in [4.78, 5) is 0. The Morgan fingerprint density at radius 1 is 0.294 bits per heavy atom. The van der Waals surface area contributed by atoms with Gasteiger partial charge >= 0.3 is 0 Å². The van der Waals surface area contributed by atoms with Crippen LogP contribution in [0.5, 0.6) is 0 Å². The van der Waals surface area contributed by atoms with Crippen molar-refractivity contribution in [2.75, 3.05) is 4.67 Å². The summed E-state index contributed by atoms with van der Waals surface area (Å²) in [6.45, 7) is 0. The third kappa shape index (κ3) is 4.54. The first-order chi connectivity index (χ1) is 25.2. The first-order valence-electron chi connectivity index (χ1n) is 17.4. The van der Waals surface area contributed by atoms with Gasteiger partial charge in [0.25, 0.3) is 0 Å². The maximum Gasteiger partial charge on any atom is 0.235 e. The van der Waals surface area contributed by atoms with Gasteiger partial charge in [-0.2, -0.15) is 0 Å². The summed E-state index contributed by atoms with van der Waals surface area (Å²) in [6, 6.07) is 68.3. The van der Waals surface area contributed by atoms with E-state index in [0.29, 0.717) is 0 Å². The van der Waals surface area contributed by atoms with Crippen molar-refractivity contribution in [3.8, 4) is 66.8 Å². The molecule has 0 fully saturated rings. The van der Waals surface area contributed by atoms with Gasteiger partial charge in [0.15, 0.2) is 0 Å². The number of anilines is 2. The van der Waals surface area contributed by atoms with E-state index >= 15 is 4.57 Å². The molecule has 0 unspecified atom stereocenters. The smallest absolute Gasteiger partial charge is 0.235 e. The van der Waals surface area contributed by atoms with Gasteiger partial charge in [0.05, 0.1) is 11.4 Å². The zero-order valence-electron chi connectivity index (χ0n) is 27.8. The molecule has 240 valence electrons. The van der Waals surface area contributed by atoms with Crippen molar-refractivity contribution < 1.29 is 4.57 Å². The van der Waals surface area contributed by atoms with Crippen molar-refractivity contribution in [2.45, 2.75) is 0 Å². The van der Waals surface area contributed by atoms with E-state index in [1.54, 1.807) is 0 Å². The minimum Gasteiger partial charge on any atom is -0.289 e. The fourth-order valence-corrected chi connectivity index (χ4v) is 11.4. The van der Waals surface area contributed by atoms with Gasteiger partial charge in [-0.3, -0.25) is 9.24 Å². The van der Waals surface area contributed by atoms with Crippen LogP contribution in [0.1, 0.15) is 0 Å². The Bertz CT molecular complexity index is 2500. The predicted molar refractivity (Wildman–Crippen MR) is 215 cm³/mol. The van der Waals surface area contributed by atoms with Crippen LogP contribution < -0.4 is 15.3 Å². The second-order valence-electron chi connectivity index (χ2n) is 13.2. The van der Waals surface area contributed by atoms with E-state index in [1.165, 1.54) is 33.4 Å². The minimum atomic E-state index is -3.32. The first-order valence-corrected chi connectivity index (χ1v) is 19.0. The maximum absolute atomic E-state index is 16.1. The van der Waals surface area contributed by atoms with Gasteiger partial charge in [0, 0.05) is 21.7 Å². The topological polar surface area (TPSA) is 20.3 Å². The van der Waals surface area contributed by atoms with E-state index in [0.717, 1.165) is 55.4 Å². The molecule has 0 bridgehead atoms. The number of hydrogen-bond donors (Lipinski definition) is 0. The second-order valence-corrected chi connectivity index (χ2v) is 15.7. The Morgan fingerprint density at radius 2 is 0.627 bits per heavy atom. The van der Waals surface area contributed by atoms with Crippen molar-refractivity contribution in [3.63, 3.8) is 0 Å². The highest BCUT2D eigenvalue weighted by atomic mass is 31.2. The van der Waals surface area contributed by atoms with Crippen molar-refractivity contribution in [1.82, 2.24) is 0 Å². The average molecular weight is 670 g/mol. The van der Waals surface area contributed by atoms with E-state index < -0.39 is 7.29 Å². The molecule has 8 aromatic rings. The van der Waals surface area contributed by atoms with Gasteiger partial charge in [0.2, 0.25) is 7.29 Å². The monoisotopic (exact) mass is 669 g/mol. The van der Waals surface area contributed by atoms with Crippen LogP contribution >= 0.6 is 7.29 Å². The average Bonchev–Trinajstić information content (AvgIpc) is 3.21. The highest BCUT2D eigenvalue weighted by Crippen LogP contribution is 2.66. The molecule has 0 aromatic heterocycles. The molecule has 0 radical (unpaired) electrons. The van der Waals surface area contributed by atoms with E-state index in [2.05, 4.69) is 187 Å². The number of nitrogens with zero attached hydrogens (tertiary/aromatic N) is 1. The maximum atomic E-state index is 16.1. The van der Waals surface area contributed by atoms with Crippen molar-refractivity contribution in [1.29, 1.82) is 0 Å². The molecule has 10 rings (SSSR count). The molecule has 2 aliphatic rings. The Balaban J connectivity index is 1.20. The van der Waals surface area contributed by atoms with Crippen LogP contribution in [0.4, 0.5) is 11.4 Å². The van der Waals surface area contributed by atoms with Crippen LogP contribution in [0.15, 0.2) is 194 Å². The summed E-state index contributed by atoms with van der Waals surface area (Å²) < 4.78 is 18.3. The van der Waals surface area contributed by atoms with Gasteiger partial charge < -0.3 is 0 Å². The standard InChI is InChI=1S/C48H32NOP/c50-51-47-25-13-11-23-41(47)43-31-35(39-21-9-7-19-37(39)33-15-3-1-4-16-33)27-29-45(43)49(51)46-30-28-36(32-44(46)42-24-12-14-26-48(42)51)40-22-10-8-20-38(40)34-17-5-2-6-18-34/h1-32H. The van der Waals surface area contributed by atoms with Gasteiger partial charge in [-0.05, 0) is 92.0 Å². The van der Waals surface area contributed by atoms with Crippen LogP contribution in [-0.2, 0) is 4.57 Å². The van der Waals surface area contributed by atoms with Crippen LogP contribution in [0.2, 0.25) is 0 Å². The van der Waals surface area contributed by atoms with Crippen molar-refractivity contribution in [2.24, 2.45) is 0 Å². The van der Waals surface area contributed by atoms with Gasteiger partial charge in [-0.1, -0.05) is 158 Å². The van der Waals surface area contributed by atoms with E-state index in [9.17, 15) is 0 Å². The number of fused-ring (bicyclic) bond motifs is 11. The van der Waals surface area contributed by atoms with Gasteiger partial charge in [-0.25, -0.2) is 0 Å². The Kier molecular flexibility index (Phi) is 6.81. The molecule has 3 heteroatoms. The highest BCUT2D eigenvalue weighted by Gasteiger charge is 2.47. The molecule has 0 saturated heterocycles. The minimum absolute atomic E-state index is 0.877. The summed E-state index contributed by atoms with van der Waals surface area (Å²) in [6.07, 6.45) is 0. The second kappa shape index (κ2) is 11.7. The van der Waals surface area contributed by atoms with Crippen molar-refractivity contribution >= 4 is 29.3 Å². The summed E-state index contributed by atoms with van der Waals surface area (Å²) in [7, 11) is -3.32. The summed E-state index contributed by atoms with van der Waals surface area (Å²) >= 11 is 0. The molecule has 2 heterocycles. The van der Waals surface area contributed by atoms with Crippen LogP contribution in [-0.4, -0.2) is 0 Å². The largest absolute Gasteiger partial charge is 0.289 e. The Labute approximate surface area is 298 Å². The zero-order valence-corrected chi connectivity index (χ0v) is 28.7. The van der Waals surface area contributed by atoms with Crippen LogP contribution in [0.25, 0.3) is 66.8 Å². The lowest BCUT2D eigenvalue weighted by Crippen LogP contribution is -2.37. The summed E-state index contributed by atoms with van der Waals surface area (Å²) in [5.74, 6) is 0. The predicted octanol–water partition coefficient (Wildman–Crippen LogP) is 12.4. The van der Waals surface area contributed by atoms with Gasteiger partial charge in [0.1, 0.15) is 0 Å². The summed E-state index contributed by atoms with van der Waals surface area (Å²) in [5.41, 5.74) is 15.5. The zero-order chi connectivity index (χ0) is 33.9. The quantitative estimate of drug-likeness (QED) is 0.174. The molecule has 8 aromatic carbocycles. The lowest BCUT2D eigenvalue weighted by molar-refractivity contribution is 0.586. The molecule has 0 N–H and O–H groups in total. The Hall–Kier alpha value is -6.21. The Morgan fingerprint density at radius 3 is 1.04 bits per heavy atom. The van der Waals surface area contributed by atoms with E-state index in [1.807, 2.05) is 12.1 Å². The number of hydrogen-bond acceptors (Lipinski definition) is 1. The molecule has 2 nitrogen and oxygen atoms in total. The molecule has 51 heavy (non-hydrogen) atoms. The fraction of sp³-hybridized carbons (Fsp3) is 0. The molecule has 0 amide bonds. The van der Waals surface area contributed by atoms with Crippen LogP contribution in [0, 0.1) is 0 Å². The normalized spacial score (nSPS) is 13.3.